The van der Waals surface area contributed by atoms with Crippen LogP contribution in [0.1, 0.15) is 30.7 Å². The van der Waals surface area contributed by atoms with Crippen LogP contribution in [0.4, 0.5) is 20.1 Å². The fraction of sp³-hybridized carbons (Fsp3) is 0.409. The molecule has 2 fully saturated rings. The zero-order valence-corrected chi connectivity index (χ0v) is 19.7. The second-order valence-electron chi connectivity index (χ2n) is 8.35. The summed E-state index contributed by atoms with van der Waals surface area (Å²) in [5.74, 6) is 0.798. The molecule has 0 bridgehead atoms. The molecule has 1 aromatic carbocycles. The number of hydrogen-bond acceptors (Lipinski definition) is 8. The Hall–Kier alpha value is -2.85. The standard InChI is InChI=1S/C22H23FN6O2S.ClH/c1-14-25-28-20(32-14)29-13-22(31-21(29)30)10-8-15(9-11-22)12-24-19-7-6-18(26-27-19)16-4-2-3-5-17(16)23;/h2-7,15H,8-13H2,1H3,(H,24,27);1H/t15-,22-;. The second-order valence-corrected chi connectivity index (χ2v) is 9.51. The van der Waals surface area contributed by atoms with Gasteiger partial charge in [-0.25, -0.2) is 14.1 Å². The number of carbonyl (C=O) groups excluding carboxylic acids is 1. The van der Waals surface area contributed by atoms with Crippen LogP contribution in [0.2, 0.25) is 0 Å². The van der Waals surface area contributed by atoms with Gasteiger partial charge in [-0.3, -0.25) is 0 Å². The topological polar surface area (TPSA) is 93.1 Å². The fourth-order valence-electron chi connectivity index (χ4n) is 4.32. The SMILES string of the molecule is Cc1nnc(N2C[C@]3(CC[C@@H](CNc4ccc(-c5ccccc5F)nn4)CC3)OC2=O)s1.Cl. The number of hydrogen-bond donors (Lipinski definition) is 1. The molecule has 174 valence electrons. The van der Waals surface area contributed by atoms with Crippen LogP contribution in [0.25, 0.3) is 11.3 Å². The van der Waals surface area contributed by atoms with E-state index in [4.69, 9.17) is 4.74 Å². The van der Waals surface area contributed by atoms with Crippen LogP contribution in [0.3, 0.4) is 0 Å². The van der Waals surface area contributed by atoms with Gasteiger partial charge >= 0.3 is 6.09 Å². The molecule has 1 saturated heterocycles. The molecule has 0 atom stereocenters. The van der Waals surface area contributed by atoms with E-state index in [0.29, 0.717) is 34.7 Å². The van der Waals surface area contributed by atoms with E-state index in [1.165, 1.54) is 17.4 Å². The molecule has 11 heteroatoms. The molecule has 1 saturated carbocycles. The Balaban J connectivity index is 0.00000259. The maximum absolute atomic E-state index is 13.9. The van der Waals surface area contributed by atoms with Crippen LogP contribution in [-0.4, -0.2) is 45.2 Å². The van der Waals surface area contributed by atoms with Gasteiger partial charge in [0.15, 0.2) is 0 Å². The van der Waals surface area contributed by atoms with Crippen LogP contribution in [0.5, 0.6) is 0 Å². The fourth-order valence-corrected chi connectivity index (χ4v) is 5.00. The van der Waals surface area contributed by atoms with Crippen molar-refractivity contribution in [2.75, 3.05) is 23.3 Å². The van der Waals surface area contributed by atoms with Gasteiger partial charge in [-0.1, -0.05) is 23.5 Å². The Morgan fingerprint density at radius 3 is 2.61 bits per heavy atom. The highest BCUT2D eigenvalue weighted by Crippen LogP contribution is 2.41. The Labute approximate surface area is 201 Å². The largest absolute Gasteiger partial charge is 0.441 e. The molecule has 8 nitrogen and oxygen atoms in total. The first kappa shape index (κ1) is 23.3. The highest BCUT2D eigenvalue weighted by atomic mass is 35.5. The molecule has 3 heterocycles. The first-order valence-electron chi connectivity index (χ1n) is 10.6. The van der Waals surface area contributed by atoms with Crippen LogP contribution in [-0.2, 0) is 4.74 Å². The van der Waals surface area contributed by atoms with Crippen molar-refractivity contribution in [2.45, 2.75) is 38.2 Å². The minimum absolute atomic E-state index is 0. The molecule has 2 aliphatic rings. The predicted octanol–water partition coefficient (Wildman–Crippen LogP) is 4.86. The average Bonchev–Trinajstić information content (AvgIpc) is 3.37. The third-order valence-electron chi connectivity index (χ3n) is 6.12. The second kappa shape index (κ2) is 9.56. The molecule has 5 rings (SSSR count). The summed E-state index contributed by atoms with van der Waals surface area (Å²) < 4.78 is 19.7. The van der Waals surface area contributed by atoms with Gasteiger partial charge in [-0.05, 0) is 62.8 Å². The molecule has 0 unspecified atom stereocenters. The van der Waals surface area contributed by atoms with Crippen LogP contribution in [0.15, 0.2) is 36.4 Å². The summed E-state index contributed by atoms with van der Waals surface area (Å²) in [5.41, 5.74) is 0.508. The van der Waals surface area contributed by atoms with E-state index in [9.17, 15) is 9.18 Å². The minimum atomic E-state index is -0.436. The Kier molecular flexibility index (Phi) is 6.76. The molecule has 3 aromatic rings. The average molecular weight is 491 g/mol. The third-order valence-corrected chi connectivity index (χ3v) is 6.98. The molecule has 1 aliphatic heterocycles. The summed E-state index contributed by atoms with van der Waals surface area (Å²) in [6, 6.07) is 10.1. The number of nitrogens with one attached hydrogen (secondary N) is 1. The van der Waals surface area contributed by atoms with E-state index in [1.807, 2.05) is 13.0 Å². The molecule has 1 spiro atoms. The summed E-state index contributed by atoms with van der Waals surface area (Å²) in [7, 11) is 0. The van der Waals surface area contributed by atoms with Crippen molar-refractivity contribution in [2.24, 2.45) is 5.92 Å². The van der Waals surface area contributed by atoms with Gasteiger partial charge in [0.25, 0.3) is 0 Å². The molecular weight excluding hydrogens is 467 g/mol. The normalized spacial score (nSPS) is 22.2. The highest BCUT2D eigenvalue weighted by molar-refractivity contribution is 7.15. The summed E-state index contributed by atoms with van der Waals surface area (Å²) in [4.78, 5) is 14.0. The summed E-state index contributed by atoms with van der Waals surface area (Å²) in [6.07, 6.45) is 3.20. The Morgan fingerprint density at radius 1 is 1.15 bits per heavy atom. The molecule has 2 aromatic heterocycles. The number of aryl methyl sites for hydroxylation is 1. The predicted molar refractivity (Wildman–Crippen MR) is 126 cm³/mol. The van der Waals surface area contributed by atoms with Gasteiger partial charge in [-0.2, -0.15) is 0 Å². The molecular formula is C22H24ClFN6O2S. The Morgan fingerprint density at radius 2 is 1.94 bits per heavy atom. The van der Waals surface area contributed by atoms with E-state index >= 15 is 0 Å². The van der Waals surface area contributed by atoms with Crippen LogP contribution < -0.4 is 10.2 Å². The third kappa shape index (κ3) is 4.91. The zero-order chi connectivity index (χ0) is 22.1. The lowest BCUT2D eigenvalue weighted by Crippen LogP contribution is -2.39. The van der Waals surface area contributed by atoms with Gasteiger partial charge in [-0.15, -0.1) is 32.8 Å². The van der Waals surface area contributed by atoms with Crippen molar-refractivity contribution in [3.63, 3.8) is 0 Å². The number of halogens is 2. The highest BCUT2D eigenvalue weighted by Gasteiger charge is 2.48. The van der Waals surface area contributed by atoms with Crippen molar-refractivity contribution in [3.05, 3.63) is 47.2 Å². The van der Waals surface area contributed by atoms with E-state index < -0.39 is 5.60 Å². The lowest BCUT2D eigenvalue weighted by atomic mass is 9.78. The number of aromatic nitrogens is 4. The molecule has 1 amide bonds. The summed E-state index contributed by atoms with van der Waals surface area (Å²) >= 11 is 1.40. The number of benzene rings is 1. The summed E-state index contributed by atoms with van der Waals surface area (Å²) in [5, 5.41) is 21.2. The van der Waals surface area contributed by atoms with Gasteiger partial charge in [0.1, 0.15) is 22.2 Å². The van der Waals surface area contributed by atoms with Crippen LogP contribution in [0, 0.1) is 18.7 Å². The quantitative estimate of drug-likeness (QED) is 0.545. The first-order chi connectivity index (χ1) is 15.5. The van der Waals surface area contributed by atoms with Crippen molar-refractivity contribution in [1.29, 1.82) is 0 Å². The zero-order valence-electron chi connectivity index (χ0n) is 18.0. The first-order valence-corrected chi connectivity index (χ1v) is 11.5. The number of rotatable bonds is 5. The number of anilines is 2. The number of carbonyl (C=O) groups is 1. The van der Waals surface area contributed by atoms with Gasteiger partial charge in [0.2, 0.25) is 5.13 Å². The Bertz CT molecular complexity index is 1120. The monoisotopic (exact) mass is 490 g/mol. The summed E-state index contributed by atoms with van der Waals surface area (Å²) in [6.45, 7) is 3.16. The molecule has 1 aliphatic carbocycles. The van der Waals surface area contributed by atoms with Gasteiger partial charge < -0.3 is 10.1 Å². The number of amides is 1. The lowest BCUT2D eigenvalue weighted by molar-refractivity contribution is 0.0148. The molecule has 33 heavy (non-hydrogen) atoms. The van der Waals surface area contributed by atoms with E-state index in [2.05, 4.69) is 25.7 Å². The lowest BCUT2D eigenvalue weighted by Gasteiger charge is -2.35. The van der Waals surface area contributed by atoms with E-state index in [1.54, 1.807) is 29.2 Å². The molecule has 1 N–H and O–H groups in total. The maximum atomic E-state index is 13.9. The minimum Gasteiger partial charge on any atom is -0.441 e. The van der Waals surface area contributed by atoms with Crippen molar-refractivity contribution < 1.29 is 13.9 Å². The molecule has 0 radical (unpaired) electrons. The van der Waals surface area contributed by atoms with Gasteiger partial charge in [0, 0.05) is 12.1 Å². The van der Waals surface area contributed by atoms with E-state index in [0.717, 1.165) is 37.2 Å². The van der Waals surface area contributed by atoms with Crippen LogP contribution >= 0.6 is 23.7 Å². The van der Waals surface area contributed by atoms with Crippen molar-refractivity contribution in [1.82, 2.24) is 20.4 Å². The van der Waals surface area contributed by atoms with Gasteiger partial charge in [0.05, 0.1) is 12.2 Å². The van der Waals surface area contributed by atoms with Crippen molar-refractivity contribution >= 4 is 40.8 Å². The van der Waals surface area contributed by atoms with Crippen molar-refractivity contribution in [3.8, 4) is 11.3 Å². The number of ether oxygens (including phenoxy) is 1. The smallest absolute Gasteiger partial charge is 0.416 e. The maximum Gasteiger partial charge on any atom is 0.416 e. The van der Waals surface area contributed by atoms with E-state index in [-0.39, 0.29) is 24.3 Å². The number of nitrogens with zero attached hydrogens (tertiary/aromatic N) is 5.